The van der Waals surface area contributed by atoms with E-state index in [-0.39, 0.29) is 41.8 Å². The highest BCUT2D eigenvalue weighted by Crippen LogP contribution is 2.42. The first-order chi connectivity index (χ1) is 9.93. The van der Waals surface area contributed by atoms with Crippen molar-refractivity contribution in [1.29, 1.82) is 0 Å². The third-order valence-electron chi connectivity index (χ3n) is 3.75. The number of anilines is 1. The van der Waals surface area contributed by atoms with Gasteiger partial charge >= 0.3 is 6.29 Å². The number of nitrogens with one attached hydrogen (secondary N) is 1. The van der Waals surface area contributed by atoms with E-state index in [1.54, 1.807) is 0 Å². The number of nitrogens with two attached hydrogens (primary N) is 1. The Hall–Kier alpha value is -1.60. The second-order valence-corrected chi connectivity index (χ2v) is 5.44. The Morgan fingerprint density at radius 1 is 1.27 bits per heavy atom. The summed E-state index contributed by atoms with van der Waals surface area (Å²) in [6, 6.07) is 4.23. The molecule has 3 N–H and O–H groups in total. The van der Waals surface area contributed by atoms with Gasteiger partial charge in [0.1, 0.15) is 0 Å². The smallest absolute Gasteiger partial charge is 0.395 e. The molecule has 2 atom stereocenters. The van der Waals surface area contributed by atoms with Crippen LogP contribution in [0.1, 0.15) is 25.7 Å². The van der Waals surface area contributed by atoms with Gasteiger partial charge in [-0.1, -0.05) is 6.42 Å². The van der Waals surface area contributed by atoms with Crippen LogP contribution in [-0.2, 0) is 4.79 Å². The molecule has 1 fully saturated rings. The molecule has 1 saturated carbocycles. The van der Waals surface area contributed by atoms with Crippen molar-refractivity contribution in [1.82, 2.24) is 0 Å². The van der Waals surface area contributed by atoms with E-state index in [9.17, 15) is 13.6 Å². The van der Waals surface area contributed by atoms with E-state index >= 15 is 0 Å². The molecular formula is C14H17ClF2N2O3. The fourth-order valence-electron chi connectivity index (χ4n) is 2.74. The van der Waals surface area contributed by atoms with Crippen LogP contribution in [0.5, 0.6) is 11.5 Å². The maximum Gasteiger partial charge on any atom is 0.586 e. The molecule has 1 heterocycles. The number of rotatable bonds is 2. The Morgan fingerprint density at radius 2 is 2.00 bits per heavy atom. The van der Waals surface area contributed by atoms with Crippen molar-refractivity contribution in [3.63, 3.8) is 0 Å². The molecule has 0 spiro atoms. The molecule has 5 nitrogen and oxygen atoms in total. The van der Waals surface area contributed by atoms with Crippen LogP contribution in [0.3, 0.4) is 0 Å². The van der Waals surface area contributed by atoms with Crippen LogP contribution in [0.2, 0.25) is 0 Å². The lowest BCUT2D eigenvalue weighted by atomic mass is 9.85. The minimum atomic E-state index is -3.65. The molecule has 2 aliphatic rings. The predicted molar refractivity (Wildman–Crippen MR) is 78.5 cm³/mol. The van der Waals surface area contributed by atoms with E-state index in [0.717, 1.165) is 19.3 Å². The largest absolute Gasteiger partial charge is 0.586 e. The van der Waals surface area contributed by atoms with Crippen molar-refractivity contribution >= 4 is 24.0 Å². The molecule has 1 aromatic carbocycles. The SMILES string of the molecule is Cl.NC1CCCC(C(=O)Nc2ccc3c(c2)OC(F)(F)O3)C1. The van der Waals surface area contributed by atoms with Crippen LogP contribution in [0.25, 0.3) is 0 Å². The Balaban J connectivity index is 0.00000176. The number of benzene rings is 1. The maximum atomic E-state index is 12.9. The molecule has 0 aromatic heterocycles. The zero-order chi connectivity index (χ0) is 15.0. The van der Waals surface area contributed by atoms with Crippen LogP contribution >= 0.6 is 12.4 Å². The summed E-state index contributed by atoms with van der Waals surface area (Å²) >= 11 is 0. The number of fused-ring (bicyclic) bond motifs is 1. The van der Waals surface area contributed by atoms with Crippen molar-refractivity contribution in [2.75, 3.05) is 5.32 Å². The molecule has 1 aliphatic carbocycles. The molecular weight excluding hydrogens is 318 g/mol. The first-order valence-corrected chi connectivity index (χ1v) is 6.89. The quantitative estimate of drug-likeness (QED) is 0.872. The molecule has 0 radical (unpaired) electrons. The molecule has 1 aromatic rings. The Morgan fingerprint density at radius 3 is 2.73 bits per heavy atom. The summed E-state index contributed by atoms with van der Waals surface area (Å²) in [5, 5.41) is 2.71. The second-order valence-electron chi connectivity index (χ2n) is 5.44. The third-order valence-corrected chi connectivity index (χ3v) is 3.75. The summed E-state index contributed by atoms with van der Waals surface area (Å²) in [5.74, 6) is -0.410. The molecule has 1 aliphatic heterocycles. The van der Waals surface area contributed by atoms with Gasteiger partial charge in [0.05, 0.1) is 0 Å². The lowest BCUT2D eigenvalue weighted by Gasteiger charge is -2.25. The number of halogens is 3. The van der Waals surface area contributed by atoms with E-state index < -0.39 is 6.29 Å². The summed E-state index contributed by atoms with van der Waals surface area (Å²) in [6.45, 7) is 0. The van der Waals surface area contributed by atoms with Crippen molar-refractivity contribution in [3.8, 4) is 11.5 Å². The average Bonchev–Trinajstić information content (AvgIpc) is 2.72. The number of amides is 1. The van der Waals surface area contributed by atoms with Gasteiger partial charge in [0, 0.05) is 23.7 Å². The first kappa shape index (κ1) is 16.8. The van der Waals surface area contributed by atoms with Crippen LogP contribution < -0.4 is 20.5 Å². The van der Waals surface area contributed by atoms with Gasteiger partial charge in [0.25, 0.3) is 0 Å². The summed E-state index contributed by atoms with van der Waals surface area (Å²) < 4.78 is 34.5. The molecule has 0 saturated heterocycles. The van der Waals surface area contributed by atoms with Gasteiger partial charge in [-0.25, -0.2) is 0 Å². The number of hydrogen-bond donors (Lipinski definition) is 2. The average molecular weight is 335 g/mol. The van der Waals surface area contributed by atoms with Crippen LogP contribution in [0.15, 0.2) is 18.2 Å². The van der Waals surface area contributed by atoms with E-state index in [2.05, 4.69) is 14.8 Å². The molecule has 122 valence electrons. The van der Waals surface area contributed by atoms with Gasteiger partial charge in [-0.3, -0.25) is 4.79 Å². The zero-order valence-corrected chi connectivity index (χ0v) is 12.5. The molecule has 22 heavy (non-hydrogen) atoms. The fraction of sp³-hybridized carbons (Fsp3) is 0.500. The van der Waals surface area contributed by atoms with Gasteiger partial charge in [-0.15, -0.1) is 21.2 Å². The van der Waals surface area contributed by atoms with Crippen molar-refractivity contribution in [3.05, 3.63) is 18.2 Å². The zero-order valence-electron chi connectivity index (χ0n) is 11.7. The summed E-state index contributed by atoms with van der Waals surface area (Å²) in [6.07, 6.45) is -0.354. The van der Waals surface area contributed by atoms with Crippen molar-refractivity contribution in [2.45, 2.75) is 38.0 Å². The summed E-state index contributed by atoms with van der Waals surface area (Å²) in [7, 11) is 0. The van der Waals surface area contributed by atoms with Crippen molar-refractivity contribution in [2.24, 2.45) is 11.7 Å². The number of carbonyl (C=O) groups excluding carboxylic acids is 1. The van der Waals surface area contributed by atoms with Gasteiger partial charge in [0.15, 0.2) is 11.5 Å². The Bertz CT molecular complexity index is 571. The van der Waals surface area contributed by atoms with Crippen LogP contribution in [0, 0.1) is 5.92 Å². The molecule has 3 rings (SSSR count). The highest BCUT2D eigenvalue weighted by atomic mass is 35.5. The summed E-state index contributed by atoms with van der Waals surface area (Å²) in [4.78, 5) is 12.2. The van der Waals surface area contributed by atoms with Crippen molar-refractivity contribution < 1.29 is 23.0 Å². The Kier molecular flexibility index (Phi) is 4.77. The van der Waals surface area contributed by atoms with Gasteiger partial charge in [0.2, 0.25) is 5.91 Å². The van der Waals surface area contributed by atoms with E-state index in [0.29, 0.717) is 12.1 Å². The van der Waals surface area contributed by atoms with Crippen LogP contribution in [-0.4, -0.2) is 18.2 Å². The number of ether oxygens (including phenoxy) is 2. The fourth-order valence-corrected chi connectivity index (χ4v) is 2.74. The minimum absolute atomic E-state index is 0. The lowest BCUT2D eigenvalue weighted by molar-refractivity contribution is -0.286. The highest BCUT2D eigenvalue weighted by Gasteiger charge is 2.43. The van der Waals surface area contributed by atoms with Gasteiger partial charge < -0.3 is 20.5 Å². The maximum absolute atomic E-state index is 12.9. The second kappa shape index (κ2) is 6.26. The highest BCUT2D eigenvalue weighted by molar-refractivity contribution is 5.93. The van der Waals surface area contributed by atoms with Gasteiger partial charge in [-0.2, -0.15) is 0 Å². The topological polar surface area (TPSA) is 73.6 Å². The van der Waals surface area contributed by atoms with E-state index in [4.69, 9.17) is 5.73 Å². The van der Waals surface area contributed by atoms with Gasteiger partial charge in [-0.05, 0) is 31.4 Å². The number of alkyl halides is 2. The predicted octanol–water partition coefficient (Wildman–Crippen LogP) is 2.89. The summed E-state index contributed by atoms with van der Waals surface area (Å²) in [5.41, 5.74) is 6.26. The number of carbonyl (C=O) groups is 1. The normalized spacial score (nSPS) is 25.2. The minimum Gasteiger partial charge on any atom is -0.395 e. The molecule has 2 unspecified atom stereocenters. The molecule has 8 heteroatoms. The number of hydrogen-bond acceptors (Lipinski definition) is 4. The van der Waals surface area contributed by atoms with Crippen LogP contribution in [0.4, 0.5) is 14.5 Å². The van der Waals surface area contributed by atoms with E-state index in [1.165, 1.54) is 18.2 Å². The van der Waals surface area contributed by atoms with E-state index in [1.807, 2.05) is 0 Å². The molecule has 0 bridgehead atoms. The monoisotopic (exact) mass is 334 g/mol. The standard InChI is InChI=1S/C14H16F2N2O3.ClH/c15-14(16)20-11-5-4-10(7-12(11)21-14)18-13(19)8-2-1-3-9(17)6-8;/h4-5,7-9H,1-3,6,17H2,(H,18,19);1H. The third kappa shape index (κ3) is 3.59. The Labute approximate surface area is 132 Å². The lowest BCUT2D eigenvalue weighted by Crippen LogP contribution is -2.34. The molecule has 1 amide bonds. The first-order valence-electron chi connectivity index (χ1n) is 6.89.